The first-order valence-corrected chi connectivity index (χ1v) is 11.8. The molecule has 3 heterocycles. The molecule has 0 saturated heterocycles. The third-order valence-electron chi connectivity index (χ3n) is 5.52. The zero-order valence-corrected chi connectivity index (χ0v) is 22.9. The maximum atomic E-state index is 13.8. The van der Waals surface area contributed by atoms with Crippen LogP contribution < -0.4 is 0 Å². The van der Waals surface area contributed by atoms with E-state index in [1.165, 1.54) is 0 Å². The van der Waals surface area contributed by atoms with Gasteiger partial charge in [-0.3, -0.25) is 18.7 Å². The van der Waals surface area contributed by atoms with E-state index in [1.54, 1.807) is 30.6 Å². The molecular formula is C33H20F2IrN3. The van der Waals surface area contributed by atoms with Crippen LogP contribution in [0.1, 0.15) is 0 Å². The summed E-state index contributed by atoms with van der Waals surface area (Å²) in [6.45, 7) is 0. The molecule has 0 amide bonds. The SMILES string of the molecule is Fc1c[c-]c(-c2cccc(-c3[c-]cccc3)n2)c(F)c1.[Ir+3].[c-]1c(-c2ccccn2)cccc1-c1ccccn1. The van der Waals surface area contributed by atoms with Gasteiger partial charge in [-0.05, 0) is 23.5 Å². The maximum absolute atomic E-state index is 13.8. The largest absolute Gasteiger partial charge is 3.00 e. The Balaban J connectivity index is 0.000000177. The molecule has 0 aliphatic heterocycles. The van der Waals surface area contributed by atoms with Gasteiger partial charge in [0, 0.05) is 35.4 Å². The van der Waals surface area contributed by atoms with E-state index in [0.29, 0.717) is 11.4 Å². The summed E-state index contributed by atoms with van der Waals surface area (Å²) < 4.78 is 26.7. The fourth-order valence-corrected chi connectivity index (χ4v) is 3.73. The van der Waals surface area contributed by atoms with Gasteiger partial charge in [0.2, 0.25) is 0 Å². The van der Waals surface area contributed by atoms with Crippen molar-refractivity contribution in [2.75, 3.05) is 0 Å². The Morgan fingerprint density at radius 3 is 1.74 bits per heavy atom. The topological polar surface area (TPSA) is 38.7 Å². The minimum atomic E-state index is -0.674. The molecule has 3 aromatic heterocycles. The van der Waals surface area contributed by atoms with E-state index in [-0.39, 0.29) is 25.7 Å². The fourth-order valence-electron chi connectivity index (χ4n) is 3.73. The third kappa shape index (κ3) is 7.14. The maximum Gasteiger partial charge on any atom is 3.00 e. The van der Waals surface area contributed by atoms with Crippen molar-refractivity contribution in [3.63, 3.8) is 0 Å². The van der Waals surface area contributed by atoms with Crippen LogP contribution in [0.15, 0.2) is 122 Å². The number of rotatable bonds is 4. The normalized spacial score (nSPS) is 10.1. The molecule has 6 aromatic rings. The minimum absolute atomic E-state index is 0. The summed E-state index contributed by atoms with van der Waals surface area (Å²) >= 11 is 0. The van der Waals surface area contributed by atoms with E-state index in [1.807, 2.05) is 78.9 Å². The van der Waals surface area contributed by atoms with Gasteiger partial charge in [0.25, 0.3) is 0 Å². The van der Waals surface area contributed by atoms with E-state index in [2.05, 4.69) is 33.2 Å². The summed E-state index contributed by atoms with van der Waals surface area (Å²) in [6, 6.07) is 41.3. The molecule has 0 atom stereocenters. The molecule has 0 fully saturated rings. The van der Waals surface area contributed by atoms with Crippen molar-refractivity contribution in [2.45, 2.75) is 0 Å². The summed E-state index contributed by atoms with van der Waals surface area (Å²) in [6.07, 6.45) is 3.58. The van der Waals surface area contributed by atoms with E-state index < -0.39 is 11.6 Å². The number of hydrogen-bond donors (Lipinski definition) is 0. The number of nitrogens with zero attached hydrogens (tertiary/aromatic N) is 3. The van der Waals surface area contributed by atoms with Gasteiger partial charge in [-0.2, -0.15) is 0 Å². The van der Waals surface area contributed by atoms with E-state index in [9.17, 15) is 8.78 Å². The second-order valence-corrected chi connectivity index (χ2v) is 8.13. The Morgan fingerprint density at radius 1 is 0.564 bits per heavy atom. The van der Waals surface area contributed by atoms with E-state index in [4.69, 9.17) is 0 Å². The Hall–Kier alpha value is -4.38. The molecule has 0 N–H and O–H groups in total. The second kappa shape index (κ2) is 13.4. The summed E-state index contributed by atoms with van der Waals surface area (Å²) in [5.74, 6) is -1.33. The average Bonchev–Trinajstić information content (AvgIpc) is 2.99. The van der Waals surface area contributed by atoms with Gasteiger partial charge < -0.3 is 4.98 Å². The summed E-state index contributed by atoms with van der Waals surface area (Å²) in [5, 5.41) is 0. The van der Waals surface area contributed by atoms with Crippen LogP contribution in [-0.2, 0) is 20.1 Å². The molecule has 0 bridgehead atoms. The van der Waals surface area contributed by atoms with Crippen LogP contribution in [0.3, 0.4) is 0 Å². The van der Waals surface area contributed by atoms with Crippen LogP contribution >= 0.6 is 0 Å². The number of aromatic nitrogens is 3. The van der Waals surface area contributed by atoms with Gasteiger partial charge >= 0.3 is 20.1 Å². The monoisotopic (exact) mass is 689 g/mol. The first-order chi connectivity index (χ1) is 18.7. The number of halogens is 2. The predicted molar refractivity (Wildman–Crippen MR) is 144 cm³/mol. The Labute approximate surface area is 239 Å². The fraction of sp³-hybridized carbons (Fsp3) is 0. The Morgan fingerprint density at radius 2 is 1.15 bits per heavy atom. The van der Waals surface area contributed by atoms with Crippen molar-refractivity contribution in [3.05, 3.63) is 151 Å². The molecular weight excluding hydrogens is 669 g/mol. The van der Waals surface area contributed by atoms with Gasteiger partial charge in [-0.15, -0.1) is 72.3 Å². The molecule has 0 aliphatic carbocycles. The molecule has 190 valence electrons. The third-order valence-corrected chi connectivity index (χ3v) is 5.52. The smallest absolute Gasteiger partial charge is 0.345 e. The zero-order valence-electron chi connectivity index (χ0n) is 20.5. The number of pyridine rings is 3. The number of benzene rings is 3. The predicted octanol–water partition coefficient (Wildman–Crippen LogP) is 7.90. The molecule has 6 heteroatoms. The van der Waals surface area contributed by atoms with Crippen LogP contribution in [0.2, 0.25) is 0 Å². The standard InChI is InChI=1S/C17H9F2N.C16H11N2.Ir/c18-13-9-10-14(15(19)11-13)17-8-4-7-16(20-17)12-5-2-1-3-6-12;1-3-10-17-15(8-1)13-6-5-7-14(12-13)16-9-2-4-11-18-16;/h1-5,7-9,11H;1-11H;/q-2;-1;+3. The van der Waals surface area contributed by atoms with Crippen molar-refractivity contribution < 1.29 is 28.9 Å². The molecule has 0 radical (unpaired) electrons. The Bertz CT molecular complexity index is 1580. The molecule has 0 spiro atoms. The number of hydrogen-bond acceptors (Lipinski definition) is 3. The minimum Gasteiger partial charge on any atom is -0.345 e. The van der Waals surface area contributed by atoms with Crippen LogP contribution in [-0.4, -0.2) is 15.0 Å². The average molecular weight is 689 g/mol. The van der Waals surface area contributed by atoms with Gasteiger partial charge in [0.15, 0.2) is 0 Å². The van der Waals surface area contributed by atoms with Crippen molar-refractivity contribution in [3.8, 4) is 45.0 Å². The molecule has 3 aromatic carbocycles. The molecule has 0 aliphatic rings. The van der Waals surface area contributed by atoms with Crippen molar-refractivity contribution >= 4 is 0 Å². The van der Waals surface area contributed by atoms with Crippen LogP contribution in [0.25, 0.3) is 45.0 Å². The summed E-state index contributed by atoms with van der Waals surface area (Å²) in [5.41, 5.74) is 5.89. The first kappa shape index (κ1) is 27.6. The molecule has 0 unspecified atom stereocenters. The zero-order chi connectivity index (χ0) is 26.2. The van der Waals surface area contributed by atoms with E-state index >= 15 is 0 Å². The quantitative estimate of drug-likeness (QED) is 0.177. The van der Waals surface area contributed by atoms with Gasteiger partial charge in [0.1, 0.15) is 0 Å². The van der Waals surface area contributed by atoms with E-state index in [0.717, 1.165) is 40.2 Å². The molecule has 39 heavy (non-hydrogen) atoms. The van der Waals surface area contributed by atoms with Gasteiger partial charge in [-0.25, -0.2) is 0 Å². The van der Waals surface area contributed by atoms with Gasteiger partial charge in [0.05, 0.1) is 0 Å². The Kier molecular flexibility index (Phi) is 9.52. The van der Waals surface area contributed by atoms with Crippen molar-refractivity contribution in [2.24, 2.45) is 0 Å². The van der Waals surface area contributed by atoms with Crippen LogP contribution in [0, 0.1) is 29.8 Å². The molecule has 3 nitrogen and oxygen atoms in total. The molecule has 0 saturated carbocycles. The van der Waals surface area contributed by atoms with Crippen molar-refractivity contribution in [1.29, 1.82) is 0 Å². The molecule has 6 rings (SSSR count). The first-order valence-electron chi connectivity index (χ1n) is 11.8. The van der Waals surface area contributed by atoms with Crippen molar-refractivity contribution in [1.82, 2.24) is 15.0 Å². The second-order valence-electron chi connectivity index (χ2n) is 8.13. The summed E-state index contributed by atoms with van der Waals surface area (Å²) in [7, 11) is 0. The van der Waals surface area contributed by atoms with Crippen LogP contribution in [0.5, 0.6) is 0 Å². The summed E-state index contributed by atoms with van der Waals surface area (Å²) in [4.78, 5) is 13.0. The van der Waals surface area contributed by atoms with Crippen LogP contribution in [0.4, 0.5) is 8.78 Å². The van der Waals surface area contributed by atoms with Gasteiger partial charge in [-0.1, -0.05) is 65.2 Å².